The van der Waals surface area contributed by atoms with Crippen LogP contribution in [0.25, 0.3) is 10.9 Å². The van der Waals surface area contributed by atoms with Gasteiger partial charge in [-0.25, -0.2) is 9.97 Å². The zero-order valence-electron chi connectivity index (χ0n) is 8.27. The molecule has 0 bridgehead atoms. The number of hydrogen-bond donors (Lipinski definition) is 1. The molecule has 0 amide bonds. The molecular formula is C11H10N2O2. The number of fused-ring (bicyclic) bond motifs is 1. The van der Waals surface area contributed by atoms with E-state index in [0.717, 1.165) is 16.6 Å². The van der Waals surface area contributed by atoms with Crippen molar-refractivity contribution in [2.24, 2.45) is 0 Å². The summed E-state index contributed by atoms with van der Waals surface area (Å²) in [6.45, 7) is 1.86. The van der Waals surface area contributed by atoms with Crippen LogP contribution in [0.3, 0.4) is 0 Å². The first-order valence-electron chi connectivity index (χ1n) is 4.61. The summed E-state index contributed by atoms with van der Waals surface area (Å²) >= 11 is 0. The van der Waals surface area contributed by atoms with Gasteiger partial charge in [0.15, 0.2) is 0 Å². The van der Waals surface area contributed by atoms with Gasteiger partial charge in [-0.2, -0.15) is 0 Å². The minimum absolute atomic E-state index is 0.133. The van der Waals surface area contributed by atoms with Crippen LogP contribution in [0.2, 0.25) is 0 Å². The summed E-state index contributed by atoms with van der Waals surface area (Å²) in [5.41, 5.74) is 1.61. The highest BCUT2D eigenvalue weighted by atomic mass is 16.4. The lowest BCUT2D eigenvalue weighted by Crippen LogP contribution is -2.06. The fourth-order valence-corrected chi connectivity index (χ4v) is 1.51. The van der Waals surface area contributed by atoms with Gasteiger partial charge in [0.1, 0.15) is 12.2 Å². The number of aryl methyl sites for hydroxylation is 1. The molecular weight excluding hydrogens is 192 g/mol. The van der Waals surface area contributed by atoms with E-state index in [1.54, 1.807) is 0 Å². The Labute approximate surface area is 86.6 Å². The molecule has 15 heavy (non-hydrogen) atoms. The second kappa shape index (κ2) is 3.65. The van der Waals surface area contributed by atoms with Crippen molar-refractivity contribution in [1.82, 2.24) is 9.97 Å². The van der Waals surface area contributed by atoms with Gasteiger partial charge in [-0.15, -0.1) is 0 Å². The second-order valence-electron chi connectivity index (χ2n) is 3.31. The predicted molar refractivity (Wildman–Crippen MR) is 55.6 cm³/mol. The van der Waals surface area contributed by atoms with Crippen molar-refractivity contribution in [3.8, 4) is 0 Å². The monoisotopic (exact) mass is 202 g/mol. The number of nitrogens with zero attached hydrogens (tertiary/aromatic N) is 2. The van der Waals surface area contributed by atoms with Crippen molar-refractivity contribution in [3.63, 3.8) is 0 Å². The lowest BCUT2D eigenvalue weighted by molar-refractivity contribution is -0.136. The molecule has 1 N–H and O–H groups in total. The molecule has 0 unspecified atom stereocenters. The maximum atomic E-state index is 10.5. The number of benzene rings is 1. The number of carbonyl (C=O) groups is 1. The number of carboxylic acid groups (broad SMARTS) is 1. The van der Waals surface area contributed by atoms with E-state index >= 15 is 0 Å². The van der Waals surface area contributed by atoms with Gasteiger partial charge in [0, 0.05) is 11.1 Å². The van der Waals surface area contributed by atoms with Crippen LogP contribution < -0.4 is 0 Å². The quantitative estimate of drug-likeness (QED) is 0.802. The molecule has 4 nitrogen and oxygen atoms in total. The van der Waals surface area contributed by atoms with E-state index in [1.165, 1.54) is 0 Å². The molecule has 0 atom stereocenters. The molecule has 2 rings (SSSR count). The molecule has 0 aliphatic rings. The standard InChI is InChI=1S/C11H10N2O2/c1-7-8-4-2-3-5-9(8)13-10(12-7)6-11(14)15/h2-5H,6H2,1H3,(H,14,15). The van der Waals surface area contributed by atoms with Crippen molar-refractivity contribution >= 4 is 16.9 Å². The molecule has 0 aliphatic heterocycles. The van der Waals surface area contributed by atoms with E-state index in [-0.39, 0.29) is 6.42 Å². The molecule has 0 radical (unpaired) electrons. The van der Waals surface area contributed by atoms with Crippen LogP contribution in [-0.4, -0.2) is 21.0 Å². The largest absolute Gasteiger partial charge is 0.481 e. The first-order chi connectivity index (χ1) is 7.16. The van der Waals surface area contributed by atoms with E-state index in [1.807, 2.05) is 31.2 Å². The third kappa shape index (κ3) is 1.93. The first kappa shape index (κ1) is 9.58. The summed E-state index contributed by atoms with van der Waals surface area (Å²) in [6, 6.07) is 7.57. The number of aromatic nitrogens is 2. The van der Waals surface area contributed by atoms with Crippen LogP contribution in [0, 0.1) is 6.92 Å². The summed E-state index contributed by atoms with van der Waals surface area (Å²) in [5.74, 6) is -0.552. The molecule has 0 saturated carbocycles. The average molecular weight is 202 g/mol. The molecule has 0 fully saturated rings. The molecule has 0 saturated heterocycles. The Hall–Kier alpha value is -1.97. The number of para-hydroxylation sites is 1. The third-order valence-corrected chi connectivity index (χ3v) is 2.15. The summed E-state index contributed by atoms with van der Waals surface area (Å²) in [5, 5.41) is 9.61. The third-order valence-electron chi connectivity index (χ3n) is 2.15. The number of aliphatic carboxylic acids is 1. The summed E-state index contributed by atoms with van der Waals surface area (Å²) < 4.78 is 0. The van der Waals surface area contributed by atoms with Crippen LogP contribution in [0.15, 0.2) is 24.3 Å². The van der Waals surface area contributed by atoms with Gasteiger partial charge in [-0.1, -0.05) is 18.2 Å². The van der Waals surface area contributed by atoms with E-state index in [9.17, 15) is 4.79 Å². The Morgan fingerprint density at radius 3 is 2.80 bits per heavy atom. The topological polar surface area (TPSA) is 63.1 Å². The fraction of sp³-hybridized carbons (Fsp3) is 0.182. The van der Waals surface area contributed by atoms with Crippen molar-refractivity contribution in [2.45, 2.75) is 13.3 Å². The van der Waals surface area contributed by atoms with Crippen LogP contribution in [0.1, 0.15) is 11.5 Å². The number of carboxylic acids is 1. The molecule has 1 aromatic carbocycles. The van der Waals surface area contributed by atoms with Gasteiger partial charge in [-0.3, -0.25) is 4.79 Å². The van der Waals surface area contributed by atoms with Crippen LogP contribution in [0.4, 0.5) is 0 Å². The summed E-state index contributed by atoms with van der Waals surface area (Å²) in [7, 11) is 0. The molecule has 0 spiro atoms. The number of hydrogen-bond acceptors (Lipinski definition) is 3. The SMILES string of the molecule is Cc1nc(CC(=O)O)nc2ccccc12. The van der Waals surface area contributed by atoms with E-state index < -0.39 is 5.97 Å². The molecule has 4 heteroatoms. The van der Waals surface area contributed by atoms with E-state index in [2.05, 4.69) is 9.97 Å². The normalized spacial score (nSPS) is 10.5. The minimum Gasteiger partial charge on any atom is -0.481 e. The van der Waals surface area contributed by atoms with Gasteiger partial charge in [-0.05, 0) is 13.0 Å². The smallest absolute Gasteiger partial charge is 0.311 e. The lowest BCUT2D eigenvalue weighted by atomic mass is 10.2. The Morgan fingerprint density at radius 2 is 2.07 bits per heavy atom. The minimum atomic E-state index is -0.912. The van der Waals surface area contributed by atoms with Gasteiger partial charge < -0.3 is 5.11 Å². The highest BCUT2D eigenvalue weighted by Gasteiger charge is 2.06. The Kier molecular flexibility index (Phi) is 2.33. The average Bonchev–Trinajstić information content (AvgIpc) is 2.16. The Balaban J connectivity index is 2.57. The van der Waals surface area contributed by atoms with Gasteiger partial charge in [0.25, 0.3) is 0 Å². The lowest BCUT2D eigenvalue weighted by Gasteiger charge is -2.03. The van der Waals surface area contributed by atoms with Crippen molar-refractivity contribution in [2.75, 3.05) is 0 Å². The highest BCUT2D eigenvalue weighted by molar-refractivity contribution is 5.81. The van der Waals surface area contributed by atoms with Gasteiger partial charge in [0.2, 0.25) is 0 Å². The maximum Gasteiger partial charge on any atom is 0.311 e. The molecule has 0 aliphatic carbocycles. The number of rotatable bonds is 2. The first-order valence-corrected chi connectivity index (χ1v) is 4.61. The van der Waals surface area contributed by atoms with Gasteiger partial charge >= 0.3 is 5.97 Å². The molecule has 1 heterocycles. The van der Waals surface area contributed by atoms with Crippen molar-refractivity contribution in [1.29, 1.82) is 0 Å². The van der Waals surface area contributed by atoms with Gasteiger partial charge in [0.05, 0.1) is 5.52 Å². The Bertz CT molecular complexity index is 523. The predicted octanol–water partition coefficient (Wildman–Crippen LogP) is 1.57. The van der Waals surface area contributed by atoms with Crippen LogP contribution in [0.5, 0.6) is 0 Å². The van der Waals surface area contributed by atoms with Crippen LogP contribution >= 0.6 is 0 Å². The Morgan fingerprint density at radius 1 is 1.33 bits per heavy atom. The maximum absolute atomic E-state index is 10.5. The summed E-state index contributed by atoms with van der Waals surface area (Å²) in [4.78, 5) is 18.9. The van der Waals surface area contributed by atoms with Crippen molar-refractivity contribution < 1.29 is 9.90 Å². The molecule has 76 valence electrons. The molecule has 2 aromatic rings. The van der Waals surface area contributed by atoms with Crippen molar-refractivity contribution in [3.05, 3.63) is 35.8 Å². The zero-order chi connectivity index (χ0) is 10.8. The summed E-state index contributed by atoms with van der Waals surface area (Å²) in [6.07, 6.45) is -0.133. The van der Waals surface area contributed by atoms with E-state index in [4.69, 9.17) is 5.11 Å². The second-order valence-corrected chi connectivity index (χ2v) is 3.31. The molecule has 1 aromatic heterocycles. The fourth-order valence-electron chi connectivity index (χ4n) is 1.51. The highest BCUT2D eigenvalue weighted by Crippen LogP contribution is 2.14. The van der Waals surface area contributed by atoms with Crippen LogP contribution in [-0.2, 0) is 11.2 Å². The van der Waals surface area contributed by atoms with E-state index in [0.29, 0.717) is 5.82 Å². The zero-order valence-corrected chi connectivity index (χ0v) is 8.27.